The van der Waals surface area contributed by atoms with E-state index < -0.39 is 0 Å². The highest BCUT2D eigenvalue weighted by atomic mass is 16.2. The monoisotopic (exact) mass is 369 g/mol. The Kier molecular flexibility index (Phi) is 3.97. The highest BCUT2D eigenvalue weighted by Crippen LogP contribution is 2.35. The number of imide groups is 1. The second-order valence-corrected chi connectivity index (χ2v) is 9.44. The zero-order valence-corrected chi connectivity index (χ0v) is 16.4. The molecule has 3 amide bonds. The van der Waals surface area contributed by atoms with Gasteiger partial charge in [0.05, 0.1) is 11.1 Å². The maximum absolute atomic E-state index is 12.8. The average molecular weight is 369 g/mol. The Bertz CT molecular complexity index is 823. The summed E-state index contributed by atoms with van der Waals surface area (Å²) in [6, 6.07) is 4.92. The molecular weight excluding hydrogens is 342 g/mol. The summed E-state index contributed by atoms with van der Waals surface area (Å²) < 4.78 is 0. The van der Waals surface area contributed by atoms with E-state index in [1.807, 2.05) is 0 Å². The van der Waals surface area contributed by atoms with E-state index in [-0.39, 0.29) is 40.9 Å². The van der Waals surface area contributed by atoms with Gasteiger partial charge in [-0.15, -0.1) is 0 Å². The first kappa shape index (κ1) is 18.2. The van der Waals surface area contributed by atoms with Crippen molar-refractivity contribution in [1.29, 1.82) is 0 Å². The number of rotatable bonds is 3. The predicted octanol–water partition coefficient (Wildman–Crippen LogP) is 2.48. The van der Waals surface area contributed by atoms with Gasteiger partial charge in [-0.2, -0.15) is 0 Å². The second kappa shape index (κ2) is 5.89. The van der Waals surface area contributed by atoms with Crippen molar-refractivity contribution < 1.29 is 14.4 Å². The predicted molar refractivity (Wildman–Crippen MR) is 102 cm³/mol. The van der Waals surface area contributed by atoms with Gasteiger partial charge in [0.25, 0.3) is 17.7 Å². The third-order valence-corrected chi connectivity index (χ3v) is 5.62. The number of amides is 3. The molecule has 0 radical (unpaired) electrons. The molecule has 0 unspecified atom stereocenters. The Balaban J connectivity index is 1.53. The normalized spacial score (nSPS) is 24.1. The van der Waals surface area contributed by atoms with Crippen molar-refractivity contribution in [2.45, 2.75) is 76.5 Å². The molecule has 6 nitrogen and oxygen atoms in total. The topological polar surface area (TPSA) is 78.5 Å². The molecule has 2 fully saturated rings. The SMILES string of the molecule is CC1(C)CC(NC(=O)c2ccc3c(c2)C(=O)N(C2CC2)C3=O)CC(C)(C)N1. The number of fused-ring (bicyclic) bond motifs is 1. The lowest BCUT2D eigenvalue weighted by Crippen LogP contribution is -2.62. The number of piperidine rings is 1. The molecule has 144 valence electrons. The average Bonchev–Trinajstić information content (AvgIpc) is 3.32. The Morgan fingerprint density at radius 2 is 1.63 bits per heavy atom. The molecule has 0 aromatic heterocycles. The summed E-state index contributed by atoms with van der Waals surface area (Å²) >= 11 is 0. The number of benzene rings is 1. The Morgan fingerprint density at radius 1 is 1.04 bits per heavy atom. The number of hydrogen-bond acceptors (Lipinski definition) is 4. The van der Waals surface area contributed by atoms with E-state index in [9.17, 15) is 14.4 Å². The van der Waals surface area contributed by atoms with Crippen LogP contribution in [0.4, 0.5) is 0 Å². The molecule has 0 atom stereocenters. The van der Waals surface area contributed by atoms with Crippen molar-refractivity contribution in [3.8, 4) is 0 Å². The van der Waals surface area contributed by atoms with Crippen LogP contribution >= 0.6 is 0 Å². The molecule has 0 bridgehead atoms. The molecule has 6 heteroatoms. The van der Waals surface area contributed by atoms with Crippen molar-refractivity contribution in [1.82, 2.24) is 15.5 Å². The number of carbonyl (C=O) groups excluding carboxylic acids is 3. The zero-order chi connectivity index (χ0) is 19.6. The zero-order valence-electron chi connectivity index (χ0n) is 16.4. The van der Waals surface area contributed by atoms with Crippen LogP contribution in [0.1, 0.15) is 84.5 Å². The van der Waals surface area contributed by atoms with E-state index >= 15 is 0 Å². The second-order valence-electron chi connectivity index (χ2n) is 9.44. The van der Waals surface area contributed by atoms with Crippen LogP contribution in [0.3, 0.4) is 0 Å². The van der Waals surface area contributed by atoms with E-state index in [1.165, 1.54) is 4.90 Å². The molecule has 1 aliphatic carbocycles. The first-order chi connectivity index (χ1) is 12.6. The standard InChI is InChI=1S/C21H27N3O3/c1-20(2)10-13(11-21(3,4)23-20)22-17(25)12-5-8-15-16(9-12)19(27)24(18(15)26)14-6-7-14/h5,8-9,13-14,23H,6-7,10-11H2,1-4H3,(H,22,25). The summed E-state index contributed by atoms with van der Waals surface area (Å²) in [5.41, 5.74) is 1.06. The molecule has 2 heterocycles. The highest BCUT2D eigenvalue weighted by molar-refractivity contribution is 6.22. The number of nitrogens with zero attached hydrogens (tertiary/aromatic N) is 1. The molecule has 1 saturated carbocycles. The van der Waals surface area contributed by atoms with Crippen LogP contribution < -0.4 is 10.6 Å². The quantitative estimate of drug-likeness (QED) is 0.803. The van der Waals surface area contributed by atoms with Gasteiger partial charge in [-0.05, 0) is 71.6 Å². The van der Waals surface area contributed by atoms with Gasteiger partial charge < -0.3 is 10.6 Å². The van der Waals surface area contributed by atoms with Crippen molar-refractivity contribution in [2.75, 3.05) is 0 Å². The van der Waals surface area contributed by atoms with Gasteiger partial charge in [-0.1, -0.05) is 0 Å². The van der Waals surface area contributed by atoms with Crippen LogP contribution in [0.5, 0.6) is 0 Å². The largest absolute Gasteiger partial charge is 0.349 e. The Hall–Kier alpha value is -2.21. The molecule has 1 aromatic rings. The maximum atomic E-state index is 12.8. The third-order valence-electron chi connectivity index (χ3n) is 5.62. The van der Waals surface area contributed by atoms with Crippen LogP contribution in [0, 0.1) is 0 Å². The lowest BCUT2D eigenvalue weighted by atomic mass is 9.79. The van der Waals surface area contributed by atoms with Gasteiger partial charge in [0.2, 0.25) is 0 Å². The minimum Gasteiger partial charge on any atom is -0.349 e. The van der Waals surface area contributed by atoms with Crippen LogP contribution in [0.25, 0.3) is 0 Å². The lowest BCUT2D eigenvalue weighted by Gasteiger charge is -2.46. The smallest absolute Gasteiger partial charge is 0.261 e. The molecule has 2 aliphatic heterocycles. The van der Waals surface area contributed by atoms with E-state index in [0.717, 1.165) is 25.7 Å². The van der Waals surface area contributed by atoms with Crippen molar-refractivity contribution in [3.05, 3.63) is 34.9 Å². The summed E-state index contributed by atoms with van der Waals surface area (Å²) in [5, 5.41) is 6.72. The van der Waals surface area contributed by atoms with Crippen LogP contribution in [-0.2, 0) is 0 Å². The van der Waals surface area contributed by atoms with Crippen molar-refractivity contribution in [2.24, 2.45) is 0 Å². The van der Waals surface area contributed by atoms with Crippen LogP contribution in [-0.4, -0.2) is 45.8 Å². The van der Waals surface area contributed by atoms with Gasteiger partial charge >= 0.3 is 0 Å². The molecule has 4 rings (SSSR count). The molecule has 3 aliphatic rings. The fourth-order valence-electron chi connectivity index (χ4n) is 4.76. The lowest BCUT2D eigenvalue weighted by molar-refractivity contribution is 0.0642. The third kappa shape index (κ3) is 3.38. The van der Waals surface area contributed by atoms with Crippen molar-refractivity contribution in [3.63, 3.8) is 0 Å². The summed E-state index contributed by atoms with van der Waals surface area (Å²) in [7, 11) is 0. The first-order valence-electron chi connectivity index (χ1n) is 9.68. The Morgan fingerprint density at radius 3 is 2.22 bits per heavy atom. The number of carbonyl (C=O) groups is 3. The number of hydrogen-bond donors (Lipinski definition) is 2. The number of nitrogens with one attached hydrogen (secondary N) is 2. The van der Waals surface area contributed by atoms with Gasteiger partial charge in [0, 0.05) is 28.7 Å². The summed E-state index contributed by atoms with van der Waals surface area (Å²) in [4.78, 5) is 39.2. The van der Waals surface area contributed by atoms with Crippen LogP contribution in [0.2, 0.25) is 0 Å². The molecule has 0 spiro atoms. The minimum atomic E-state index is -0.267. The molecule has 2 N–H and O–H groups in total. The minimum absolute atomic E-state index is 0.0360. The van der Waals surface area contributed by atoms with E-state index in [2.05, 4.69) is 38.3 Å². The Labute approximate surface area is 159 Å². The fraction of sp³-hybridized carbons (Fsp3) is 0.571. The van der Waals surface area contributed by atoms with Gasteiger partial charge in [-0.25, -0.2) is 0 Å². The molecule has 1 saturated heterocycles. The van der Waals surface area contributed by atoms with Gasteiger partial charge in [-0.3, -0.25) is 19.3 Å². The summed E-state index contributed by atoms with van der Waals surface area (Å²) in [6.45, 7) is 8.55. The molecular formula is C21H27N3O3. The first-order valence-corrected chi connectivity index (χ1v) is 9.68. The van der Waals surface area contributed by atoms with Gasteiger partial charge in [0.15, 0.2) is 0 Å². The van der Waals surface area contributed by atoms with E-state index in [4.69, 9.17) is 0 Å². The van der Waals surface area contributed by atoms with Gasteiger partial charge in [0.1, 0.15) is 0 Å². The summed E-state index contributed by atoms with van der Waals surface area (Å²) in [5.74, 6) is -0.691. The molecule has 27 heavy (non-hydrogen) atoms. The van der Waals surface area contributed by atoms with E-state index in [0.29, 0.717) is 16.7 Å². The van der Waals surface area contributed by atoms with Crippen LogP contribution in [0.15, 0.2) is 18.2 Å². The highest BCUT2D eigenvalue weighted by Gasteiger charge is 2.44. The fourth-order valence-corrected chi connectivity index (χ4v) is 4.76. The summed E-state index contributed by atoms with van der Waals surface area (Å²) in [6.07, 6.45) is 3.42. The maximum Gasteiger partial charge on any atom is 0.261 e. The molecule has 1 aromatic carbocycles. The van der Waals surface area contributed by atoms with E-state index in [1.54, 1.807) is 18.2 Å². The van der Waals surface area contributed by atoms with Crippen molar-refractivity contribution >= 4 is 17.7 Å².